The van der Waals surface area contributed by atoms with Crippen LogP contribution < -0.4 is 10.1 Å². The van der Waals surface area contributed by atoms with Crippen LogP contribution in [0.3, 0.4) is 0 Å². The van der Waals surface area contributed by atoms with Gasteiger partial charge in [0.2, 0.25) is 0 Å². The largest absolute Gasteiger partial charge is 0.504 e. The maximum Gasteiger partial charge on any atom is 0.162 e. The number of phenols is 1. The Morgan fingerprint density at radius 3 is 2.75 bits per heavy atom. The summed E-state index contributed by atoms with van der Waals surface area (Å²) in [5.74, 6) is 0.232. The predicted molar refractivity (Wildman–Crippen MR) is 77.7 cm³/mol. The normalized spacial score (nSPS) is 10.3. The van der Waals surface area contributed by atoms with E-state index in [9.17, 15) is 9.50 Å². The van der Waals surface area contributed by atoms with Crippen molar-refractivity contribution in [3.05, 3.63) is 53.3 Å². The van der Waals surface area contributed by atoms with Crippen LogP contribution in [0.15, 0.2) is 36.4 Å². The molecule has 0 heterocycles. The van der Waals surface area contributed by atoms with Crippen molar-refractivity contribution in [3.63, 3.8) is 0 Å². The van der Waals surface area contributed by atoms with E-state index in [0.717, 1.165) is 5.56 Å². The molecule has 0 unspecified atom stereocenters. The van der Waals surface area contributed by atoms with Gasteiger partial charge in [-0.1, -0.05) is 18.2 Å². The summed E-state index contributed by atoms with van der Waals surface area (Å²) in [6, 6.07) is 10.3. The van der Waals surface area contributed by atoms with Crippen molar-refractivity contribution in [2.24, 2.45) is 0 Å². The number of hydrogen-bond donors (Lipinski definition) is 2. The van der Waals surface area contributed by atoms with Gasteiger partial charge in [-0.05, 0) is 37.6 Å². The van der Waals surface area contributed by atoms with Gasteiger partial charge in [0.15, 0.2) is 11.5 Å². The number of nitrogens with one attached hydrogen (secondary N) is 1. The minimum absolute atomic E-state index is 0.0920. The van der Waals surface area contributed by atoms with Crippen molar-refractivity contribution >= 4 is 5.69 Å². The molecule has 0 atom stereocenters. The van der Waals surface area contributed by atoms with Crippen molar-refractivity contribution < 1.29 is 14.2 Å². The maximum atomic E-state index is 13.7. The molecule has 0 aromatic heterocycles. The second kappa shape index (κ2) is 6.28. The maximum absolute atomic E-state index is 13.7. The molecule has 2 aromatic carbocycles. The van der Waals surface area contributed by atoms with Gasteiger partial charge >= 0.3 is 0 Å². The Kier molecular flexibility index (Phi) is 4.45. The molecule has 4 heteroatoms. The molecule has 0 saturated heterocycles. The summed E-state index contributed by atoms with van der Waals surface area (Å²) in [6.07, 6.45) is 0. The lowest BCUT2D eigenvalue weighted by Crippen LogP contribution is -2.03. The Bertz CT molecular complexity index is 599. The first-order chi connectivity index (χ1) is 9.61. The molecule has 0 saturated carbocycles. The standard InChI is InChI=1S/C16H18FNO2/c1-3-20-15-6-4-5-12(16(15)19)10-18-14-8-7-11(2)9-13(14)17/h4-9,18-19H,3,10H2,1-2H3. The van der Waals surface area contributed by atoms with Crippen LogP contribution in [-0.2, 0) is 6.54 Å². The first kappa shape index (κ1) is 14.2. The highest BCUT2D eigenvalue weighted by atomic mass is 19.1. The molecule has 2 N–H and O–H groups in total. The number of ether oxygens (including phenoxy) is 1. The molecule has 0 bridgehead atoms. The van der Waals surface area contributed by atoms with Crippen molar-refractivity contribution in [1.29, 1.82) is 0 Å². The van der Waals surface area contributed by atoms with E-state index in [1.54, 1.807) is 24.3 Å². The van der Waals surface area contributed by atoms with E-state index < -0.39 is 0 Å². The van der Waals surface area contributed by atoms with Gasteiger partial charge < -0.3 is 15.2 Å². The van der Waals surface area contributed by atoms with Gasteiger partial charge in [-0.25, -0.2) is 4.39 Å². The van der Waals surface area contributed by atoms with Crippen LogP contribution in [0.2, 0.25) is 0 Å². The summed E-state index contributed by atoms with van der Waals surface area (Å²) >= 11 is 0. The first-order valence-electron chi connectivity index (χ1n) is 6.55. The second-order valence-electron chi connectivity index (χ2n) is 4.53. The molecule has 0 aliphatic carbocycles. The fourth-order valence-corrected chi connectivity index (χ4v) is 1.94. The van der Waals surface area contributed by atoms with E-state index in [4.69, 9.17) is 4.74 Å². The summed E-state index contributed by atoms with van der Waals surface area (Å²) in [6.45, 7) is 4.50. The third-order valence-corrected chi connectivity index (χ3v) is 2.98. The third kappa shape index (κ3) is 3.20. The van der Waals surface area contributed by atoms with E-state index in [0.29, 0.717) is 30.2 Å². The molecule has 20 heavy (non-hydrogen) atoms. The number of rotatable bonds is 5. The first-order valence-corrected chi connectivity index (χ1v) is 6.55. The summed E-state index contributed by atoms with van der Waals surface area (Å²) in [5.41, 5.74) is 1.95. The van der Waals surface area contributed by atoms with Gasteiger partial charge in [-0.3, -0.25) is 0 Å². The molecule has 0 aliphatic heterocycles. The van der Waals surface area contributed by atoms with Crippen LogP contribution in [0.5, 0.6) is 11.5 Å². The Balaban J connectivity index is 2.12. The predicted octanol–water partition coefficient (Wildman–Crippen LogP) is 3.85. The zero-order chi connectivity index (χ0) is 14.5. The van der Waals surface area contributed by atoms with Gasteiger partial charge in [0.25, 0.3) is 0 Å². The van der Waals surface area contributed by atoms with Crippen LogP contribution in [0, 0.1) is 12.7 Å². The number of aromatic hydroxyl groups is 1. The van der Waals surface area contributed by atoms with Crippen LogP contribution in [0.25, 0.3) is 0 Å². The van der Waals surface area contributed by atoms with Gasteiger partial charge in [0, 0.05) is 12.1 Å². The zero-order valence-corrected chi connectivity index (χ0v) is 11.6. The zero-order valence-electron chi connectivity index (χ0n) is 11.6. The highest BCUT2D eigenvalue weighted by molar-refractivity contribution is 5.50. The number of hydrogen-bond acceptors (Lipinski definition) is 3. The van der Waals surface area contributed by atoms with Crippen LogP contribution >= 0.6 is 0 Å². The van der Waals surface area contributed by atoms with Crippen molar-refractivity contribution in [2.45, 2.75) is 20.4 Å². The van der Waals surface area contributed by atoms with E-state index in [-0.39, 0.29) is 11.6 Å². The number of halogens is 1. The average Bonchev–Trinajstić information content (AvgIpc) is 2.42. The monoisotopic (exact) mass is 275 g/mol. The SMILES string of the molecule is CCOc1cccc(CNc2ccc(C)cc2F)c1O. The van der Waals surface area contributed by atoms with E-state index >= 15 is 0 Å². The second-order valence-corrected chi connectivity index (χ2v) is 4.53. The Morgan fingerprint density at radius 1 is 1.25 bits per heavy atom. The van der Waals surface area contributed by atoms with Gasteiger partial charge in [-0.15, -0.1) is 0 Å². The molecule has 2 rings (SSSR count). The lowest BCUT2D eigenvalue weighted by Gasteiger charge is -2.12. The number of anilines is 1. The molecule has 0 amide bonds. The van der Waals surface area contributed by atoms with Gasteiger partial charge in [-0.2, -0.15) is 0 Å². The lowest BCUT2D eigenvalue weighted by molar-refractivity contribution is 0.317. The van der Waals surface area contributed by atoms with E-state index in [1.165, 1.54) is 6.07 Å². The molecular weight excluding hydrogens is 257 g/mol. The highest BCUT2D eigenvalue weighted by Crippen LogP contribution is 2.30. The van der Waals surface area contributed by atoms with Gasteiger partial charge in [0.1, 0.15) is 5.82 Å². The van der Waals surface area contributed by atoms with Crippen LogP contribution in [-0.4, -0.2) is 11.7 Å². The van der Waals surface area contributed by atoms with Crippen molar-refractivity contribution in [3.8, 4) is 11.5 Å². The number of phenolic OH excluding ortho intramolecular Hbond substituents is 1. The van der Waals surface area contributed by atoms with E-state index in [2.05, 4.69) is 5.32 Å². The Labute approximate surface area is 118 Å². The molecule has 2 aromatic rings. The summed E-state index contributed by atoms with van der Waals surface area (Å²) < 4.78 is 19.0. The third-order valence-electron chi connectivity index (χ3n) is 2.98. The molecular formula is C16H18FNO2. The lowest BCUT2D eigenvalue weighted by atomic mass is 10.1. The fourth-order valence-electron chi connectivity index (χ4n) is 1.94. The minimum atomic E-state index is -0.301. The molecule has 0 spiro atoms. The fraction of sp³-hybridized carbons (Fsp3) is 0.250. The molecule has 0 radical (unpaired) electrons. The van der Waals surface area contributed by atoms with Crippen LogP contribution in [0.4, 0.5) is 10.1 Å². The number of para-hydroxylation sites is 1. The summed E-state index contributed by atoms with van der Waals surface area (Å²) in [4.78, 5) is 0. The van der Waals surface area contributed by atoms with Crippen molar-refractivity contribution in [2.75, 3.05) is 11.9 Å². The number of aryl methyl sites for hydroxylation is 1. The Morgan fingerprint density at radius 2 is 2.05 bits per heavy atom. The summed E-state index contributed by atoms with van der Waals surface area (Å²) in [7, 11) is 0. The minimum Gasteiger partial charge on any atom is -0.504 e. The van der Waals surface area contributed by atoms with Crippen molar-refractivity contribution in [1.82, 2.24) is 0 Å². The topological polar surface area (TPSA) is 41.5 Å². The highest BCUT2D eigenvalue weighted by Gasteiger charge is 2.08. The quantitative estimate of drug-likeness (QED) is 0.871. The number of benzene rings is 2. The van der Waals surface area contributed by atoms with E-state index in [1.807, 2.05) is 19.9 Å². The summed E-state index contributed by atoms with van der Waals surface area (Å²) in [5, 5.41) is 13.0. The smallest absolute Gasteiger partial charge is 0.162 e. The van der Waals surface area contributed by atoms with Gasteiger partial charge in [0.05, 0.1) is 12.3 Å². The molecule has 106 valence electrons. The Hall–Kier alpha value is -2.23. The molecule has 3 nitrogen and oxygen atoms in total. The molecule has 0 fully saturated rings. The molecule has 0 aliphatic rings. The van der Waals surface area contributed by atoms with Crippen LogP contribution in [0.1, 0.15) is 18.1 Å². The average molecular weight is 275 g/mol.